The SMILES string of the molecule is CC1NNC(C)C1CCCN(C)Cc1cnc[nH]1. The van der Waals surface area contributed by atoms with Crippen LogP contribution in [0.1, 0.15) is 32.4 Å². The van der Waals surface area contributed by atoms with Gasteiger partial charge in [-0.3, -0.25) is 10.9 Å². The van der Waals surface area contributed by atoms with E-state index in [1.807, 2.05) is 6.20 Å². The fraction of sp³-hybridized carbons (Fsp3) is 0.769. The number of hydrogen-bond donors (Lipinski definition) is 3. The van der Waals surface area contributed by atoms with Crippen molar-refractivity contribution in [3.05, 3.63) is 18.2 Å². The highest BCUT2D eigenvalue weighted by atomic mass is 15.4. The van der Waals surface area contributed by atoms with Gasteiger partial charge in [-0.1, -0.05) is 0 Å². The monoisotopic (exact) mass is 251 g/mol. The highest BCUT2D eigenvalue weighted by molar-refractivity contribution is 4.93. The van der Waals surface area contributed by atoms with Gasteiger partial charge in [-0.15, -0.1) is 0 Å². The van der Waals surface area contributed by atoms with E-state index in [-0.39, 0.29) is 0 Å². The molecule has 0 aromatic carbocycles. The maximum absolute atomic E-state index is 4.04. The molecule has 0 spiro atoms. The Morgan fingerprint density at radius 3 is 2.61 bits per heavy atom. The van der Waals surface area contributed by atoms with E-state index in [0.29, 0.717) is 12.1 Å². The lowest BCUT2D eigenvalue weighted by Gasteiger charge is -2.20. The quantitative estimate of drug-likeness (QED) is 0.709. The van der Waals surface area contributed by atoms with Crippen LogP contribution in [0.4, 0.5) is 0 Å². The first-order valence-corrected chi connectivity index (χ1v) is 6.83. The van der Waals surface area contributed by atoms with Gasteiger partial charge in [0.15, 0.2) is 0 Å². The Kier molecular flexibility index (Phi) is 4.74. The second-order valence-electron chi connectivity index (χ2n) is 5.49. The Labute approximate surface area is 109 Å². The highest BCUT2D eigenvalue weighted by Gasteiger charge is 2.28. The van der Waals surface area contributed by atoms with Crippen molar-refractivity contribution >= 4 is 0 Å². The highest BCUT2D eigenvalue weighted by Crippen LogP contribution is 2.20. The summed E-state index contributed by atoms with van der Waals surface area (Å²) in [7, 11) is 2.17. The van der Waals surface area contributed by atoms with Crippen LogP contribution in [0.2, 0.25) is 0 Å². The summed E-state index contributed by atoms with van der Waals surface area (Å²) in [4.78, 5) is 9.53. The van der Waals surface area contributed by atoms with Crippen LogP contribution in [0, 0.1) is 5.92 Å². The lowest BCUT2D eigenvalue weighted by atomic mass is 9.91. The zero-order valence-corrected chi connectivity index (χ0v) is 11.6. The normalized spacial score (nSPS) is 28.1. The molecular weight excluding hydrogens is 226 g/mol. The Balaban J connectivity index is 1.65. The van der Waals surface area contributed by atoms with Crippen molar-refractivity contribution in [1.29, 1.82) is 0 Å². The van der Waals surface area contributed by atoms with Crippen molar-refractivity contribution < 1.29 is 0 Å². The van der Waals surface area contributed by atoms with Gasteiger partial charge in [-0.05, 0) is 46.2 Å². The Bertz CT molecular complexity index is 327. The van der Waals surface area contributed by atoms with E-state index in [0.717, 1.165) is 19.0 Å². The molecule has 1 saturated heterocycles. The van der Waals surface area contributed by atoms with Crippen molar-refractivity contribution in [2.24, 2.45) is 5.92 Å². The summed E-state index contributed by atoms with van der Waals surface area (Å²) in [6.07, 6.45) is 6.15. The van der Waals surface area contributed by atoms with Crippen molar-refractivity contribution in [1.82, 2.24) is 25.7 Å². The van der Waals surface area contributed by atoms with Crippen LogP contribution in [-0.2, 0) is 6.54 Å². The van der Waals surface area contributed by atoms with Crippen LogP contribution >= 0.6 is 0 Å². The maximum atomic E-state index is 4.04. The number of aromatic nitrogens is 2. The molecule has 18 heavy (non-hydrogen) atoms. The molecule has 102 valence electrons. The van der Waals surface area contributed by atoms with Gasteiger partial charge in [-0.2, -0.15) is 0 Å². The predicted octanol–water partition coefficient (Wildman–Crippen LogP) is 1.12. The first kappa shape index (κ1) is 13.5. The van der Waals surface area contributed by atoms with E-state index in [2.05, 4.69) is 46.6 Å². The zero-order valence-electron chi connectivity index (χ0n) is 11.6. The summed E-state index contributed by atoms with van der Waals surface area (Å²) >= 11 is 0. The molecule has 5 heteroatoms. The molecular formula is C13H25N5. The van der Waals surface area contributed by atoms with Gasteiger partial charge in [0, 0.05) is 30.5 Å². The molecule has 0 bridgehead atoms. The molecule has 0 radical (unpaired) electrons. The molecule has 3 N–H and O–H groups in total. The fourth-order valence-electron chi connectivity index (χ4n) is 2.75. The number of nitrogens with one attached hydrogen (secondary N) is 3. The number of rotatable bonds is 6. The molecule has 0 aliphatic carbocycles. The minimum absolute atomic E-state index is 0.581. The Morgan fingerprint density at radius 2 is 2.00 bits per heavy atom. The Hall–Kier alpha value is -0.910. The molecule has 1 aromatic rings. The van der Waals surface area contributed by atoms with Crippen molar-refractivity contribution in [2.75, 3.05) is 13.6 Å². The third-order valence-electron chi connectivity index (χ3n) is 3.90. The first-order chi connectivity index (χ1) is 8.66. The average Bonchev–Trinajstić information content (AvgIpc) is 2.93. The van der Waals surface area contributed by atoms with Crippen LogP contribution < -0.4 is 10.9 Å². The van der Waals surface area contributed by atoms with Gasteiger partial charge in [0.25, 0.3) is 0 Å². The van der Waals surface area contributed by atoms with E-state index >= 15 is 0 Å². The van der Waals surface area contributed by atoms with Gasteiger partial charge in [-0.25, -0.2) is 4.98 Å². The lowest BCUT2D eigenvalue weighted by Crippen LogP contribution is -2.30. The first-order valence-electron chi connectivity index (χ1n) is 6.83. The molecule has 5 nitrogen and oxygen atoms in total. The van der Waals surface area contributed by atoms with Crippen LogP contribution in [0.5, 0.6) is 0 Å². The lowest BCUT2D eigenvalue weighted by molar-refractivity contribution is 0.294. The third-order valence-corrected chi connectivity index (χ3v) is 3.90. The molecule has 2 heterocycles. The molecule has 2 unspecified atom stereocenters. The zero-order chi connectivity index (χ0) is 13.0. The maximum Gasteiger partial charge on any atom is 0.0922 e. The van der Waals surface area contributed by atoms with E-state index in [1.165, 1.54) is 18.5 Å². The largest absolute Gasteiger partial charge is 0.347 e. The molecule has 1 aliphatic rings. The molecule has 2 atom stereocenters. The van der Waals surface area contributed by atoms with Gasteiger partial charge < -0.3 is 9.88 Å². The molecule has 1 aromatic heterocycles. The molecule has 0 saturated carbocycles. The van der Waals surface area contributed by atoms with Gasteiger partial charge in [0.1, 0.15) is 0 Å². The summed E-state index contributed by atoms with van der Waals surface area (Å²) in [6.45, 7) is 6.60. The smallest absolute Gasteiger partial charge is 0.0922 e. The summed E-state index contributed by atoms with van der Waals surface area (Å²) in [5.74, 6) is 0.741. The summed E-state index contributed by atoms with van der Waals surface area (Å²) < 4.78 is 0. The van der Waals surface area contributed by atoms with E-state index < -0.39 is 0 Å². The number of hydrazine groups is 1. The minimum Gasteiger partial charge on any atom is -0.347 e. The van der Waals surface area contributed by atoms with Gasteiger partial charge in [0.05, 0.1) is 6.33 Å². The summed E-state index contributed by atoms with van der Waals surface area (Å²) in [6, 6.07) is 1.16. The second-order valence-corrected chi connectivity index (χ2v) is 5.49. The standard InChI is InChI=1S/C13H25N5/c1-10-13(11(2)17-16-10)5-4-6-18(3)8-12-7-14-9-15-12/h7,9-11,13,16-17H,4-6,8H2,1-3H3,(H,14,15). The number of nitrogens with zero attached hydrogens (tertiary/aromatic N) is 2. The van der Waals surface area contributed by atoms with E-state index in [4.69, 9.17) is 0 Å². The van der Waals surface area contributed by atoms with Crippen molar-refractivity contribution in [3.8, 4) is 0 Å². The van der Waals surface area contributed by atoms with Crippen LogP contribution in [0.15, 0.2) is 12.5 Å². The van der Waals surface area contributed by atoms with E-state index in [9.17, 15) is 0 Å². The third kappa shape index (κ3) is 3.54. The predicted molar refractivity (Wildman–Crippen MR) is 72.8 cm³/mol. The fourth-order valence-corrected chi connectivity index (χ4v) is 2.75. The molecule has 1 fully saturated rings. The number of imidazole rings is 1. The van der Waals surface area contributed by atoms with Crippen LogP contribution in [-0.4, -0.2) is 40.5 Å². The minimum atomic E-state index is 0.581. The molecule has 0 amide bonds. The van der Waals surface area contributed by atoms with Crippen molar-refractivity contribution in [2.45, 2.75) is 45.3 Å². The topological polar surface area (TPSA) is 56.0 Å². The number of hydrogen-bond acceptors (Lipinski definition) is 4. The average molecular weight is 251 g/mol. The van der Waals surface area contributed by atoms with Crippen LogP contribution in [0.3, 0.4) is 0 Å². The summed E-state index contributed by atoms with van der Waals surface area (Å²) in [5, 5.41) is 0. The van der Waals surface area contributed by atoms with Gasteiger partial charge >= 0.3 is 0 Å². The van der Waals surface area contributed by atoms with Gasteiger partial charge in [0.2, 0.25) is 0 Å². The second kappa shape index (κ2) is 6.31. The van der Waals surface area contributed by atoms with Crippen molar-refractivity contribution in [3.63, 3.8) is 0 Å². The summed E-state index contributed by atoms with van der Waals surface area (Å²) in [5.41, 5.74) is 7.82. The van der Waals surface area contributed by atoms with Crippen LogP contribution in [0.25, 0.3) is 0 Å². The number of H-pyrrole nitrogens is 1. The van der Waals surface area contributed by atoms with E-state index in [1.54, 1.807) is 6.33 Å². The molecule has 1 aliphatic heterocycles. The molecule has 2 rings (SSSR count). The Morgan fingerprint density at radius 1 is 1.28 bits per heavy atom. The number of aromatic amines is 1.